The van der Waals surface area contributed by atoms with Gasteiger partial charge in [0.05, 0.1) is 0 Å². The first kappa shape index (κ1) is 11.4. The molecular formula is C11H23NS. The van der Waals surface area contributed by atoms with Gasteiger partial charge in [-0.1, -0.05) is 13.8 Å². The number of hydrogen-bond acceptors (Lipinski definition) is 2. The highest BCUT2D eigenvalue weighted by atomic mass is 32.2. The number of hydrogen-bond donors (Lipinski definition) is 0. The Morgan fingerprint density at radius 2 is 2.00 bits per heavy atom. The fourth-order valence-corrected chi connectivity index (χ4v) is 3.20. The molecule has 1 fully saturated rings. The summed E-state index contributed by atoms with van der Waals surface area (Å²) in [6, 6.07) is 1.56. The Labute approximate surface area is 87.3 Å². The Morgan fingerprint density at radius 1 is 1.31 bits per heavy atom. The van der Waals surface area contributed by atoms with Crippen molar-refractivity contribution in [3.05, 3.63) is 0 Å². The Balaban J connectivity index is 2.46. The van der Waals surface area contributed by atoms with Crippen LogP contribution in [0.5, 0.6) is 0 Å². The van der Waals surface area contributed by atoms with E-state index in [1.54, 1.807) is 0 Å². The summed E-state index contributed by atoms with van der Waals surface area (Å²) in [7, 11) is 0. The van der Waals surface area contributed by atoms with Crippen molar-refractivity contribution in [2.75, 3.05) is 18.1 Å². The van der Waals surface area contributed by atoms with Gasteiger partial charge in [0.25, 0.3) is 0 Å². The molecule has 0 aromatic carbocycles. The third-order valence-electron chi connectivity index (χ3n) is 2.68. The van der Waals surface area contributed by atoms with Crippen LogP contribution in [0.4, 0.5) is 0 Å². The normalized spacial score (nSPS) is 25.8. The molecule has 1 saturated heterocycles. The van der Waals surface area contributed by atoms with Crippen molar-refractivity contribution in [3.8, 4) is 0 Å². The van der Waals surface area contributed by atoms with Crippen LogP contribution in [0.15, 0.2) is 0 Å². The molecule has 1 aliphatic heterocycles. The van der Waals surface area contributed by atoms with Gasteiger partial charge in [0, 0.05) is 30.1 Å². The molecule has 0 N–H and O–H groups in total. The number of nitrogens with zero attached hydrogens (tertiary/aromatic N) is 1. The maximum Gasteiger partial charge on any atom is 0.0191 e. The molecule has 1 heterocycles. The summed E-state index contributed by atoms with van der Waals surface area (Å²) in [4.78, 5) is 2.68. The Bertz CT molecular complexity index is 145. The maximum atomic E-state index is 2.68. The summed E-state index contributed by atoms with van der Waals surface area (Å²) < 4.78 is 0. The lowest BCUT2D eigenvalue weighted by atomic mass is 10.0. The highest BCUT2D eigenvalue weighted by Gasteiger charge is 2.24. The highest BCUT2D eigenvalue weighted by molar-refractivity contribution is 7.99. The van der Waals surface area contributed by atoms with Crippen molar-refractivity contribution in [2.45, 2.75) is 46.2 Å². The molecule has 0 aromatic rings. The maximum absolute atomic E-state index is 2.68. The van der Waals surface area contributed by atoms with Gasteiger partial charge in [0.2, 0.25) is 0 Å². The van der Waals surface area contributed by atoms with Crippen LogP contribution in [0.3, 0.4) is 0 Å². The largest absolute Gasteiger partial charge is 0.296 e. The van der Waals surface area contributed by atoms with Gasteiger partial charge in [-0.05, 0) is 26.2 Å². The molecule has 78 valence electrons. The van der Waals surface area contributed by atoms with E-state index in [1.807, 2.05) is 0 Å². The molecule has 2 heteroatoms. The van der Waals surface area contributed by atoms with Crippen LogP contribution in [-0.2, 0) is 0 Å². The predicted molar refractivity (Wildman–Crippen MR) is 62.4 cm³/mol. The van der Waals surface area contributed by atoms with E-state index in [1.165, 1.54) is 24.5 Å². The molecule has 0 aliphatic carbocycles. The third-order valence-corrected chi connectivity index (χ3v) is 3.77. The summed E-state index contributed by atoms with van der Waals surface area (Å²) in [6.45, 7) is 10.6. The lowest BCUT2D eigenvalue weighted by Crippen LogP contribution is -2.46. The number of rotatable bonds is 3. The summed E-state index contributed by atoms with van der Waals surface area (Å²) in [5, 5.41) is 0. The van der Waals surface area contributed by atoms with Crippen molar-refractivity contribution in [1.29, 1.82) is 0 Å². The topological polar surface area (TPSA) is 3.24 Å². The van der Waals surface area contributed by atoms with Crippen LogP contribution in [0, 0.1) is 5.92 Å². The molecule has 13 heavy (non-hydrogen) atoms. The van der Waals surface area contributed by atoms with E-state index in [9.17, 15) is 0 Å². The fraction of sp³-hybridized carbons (Fsp3) is 1.00. The minimum atomic E-state index is 0.727. The summed E-state index contributed by atoms with van der Waals surface area (Å²) in [6.07, 6.45) is 1.37. The van der Waals surface area contributed by atoms with Gasteiger partial charge in [-0.15, -0.1) is 0 Å². The molecule has 0 saturated carbocycles. The van der Waals surface area contributed by atoms with Crippen LogP contribution in [0.1, 0.15) is 34.1 Å². The Kier molecular flexibility index (Phi) is 4.60. The van der Waals surface area contributed by atoms with Gasteiger partial charge in [0.15, 0.2) is 0 Å². The van der Waals surface area contributed by atoms with E-state index in [2.05, 4.69) is 44.4 Å². The van der Waals surface area contributed by atoms with Gasteiger partial charge >= 0.3 is 0 Å². The first-order chi connectivity index (χ1) is 6.11. The van der Waals surface area contributed by atoms with Crippen LogP contribution in [0.25, 0.3) is 0 Å². The van der Waals surface area contributed by atoms with Gasteiger partial charge < -0.3 is 0 Å². The van der Waals surface area contributed by atoms with Crippen molar-refractivity contribution >= 4 is 11.8 Å². The second kappa shape index (κ2) is 5.26. The van der Waals surface area contributed by atoms with E-state index >= 15 is 0 Å². The quantitative estimate of drug-likeness (QED) is 0.691. The molecule has 0 spiro atoms. The van der Waals surface area contributed by atoms with Crippen molar-refractivity contribution in [3.63, 3.8) is 0 Å². The summed E-state index contributed by atoms with van der Waals surface area (Å²) >= 11 is 2.12. The van der Waals surface area contributed by atoms with Crippen molar-refractivity contribution < 1.29 is 0 Å². The van der Waals surface area contributed by atoms with Gasteiger partial charge in [0.1, 0.15) is 0 Å². The second-order valence-corrected chi connectivity index (χ2v) is 5.84. The van der Waals surface area contributed by atoms with Gasteiger partial charge in [-0.3, -0.25) is 4.90 Å². The first-order valence-electron chi connectivity index (χ1n) is 5.44. The SMILES string of the molecule is CC(C)CC1CSCCN1C(C)C. The number of thioether (sulfide) groups is 1. The van der Waals surface area contributed by atoms with Gasteiger partial charge in [-0.25, -0.2) is 0 Å². The standard InChI is InChI=1S/C11H23NS/c1-9(2)7-11-8-13-6-5-12(11)10(3)4/h9-11H,5-8H2,1-4H3. The lowest BCUT2D eigenvalue weighted by Gasteiger charge is -2.39. The zero-order valence-electron chi connectivity index (χ0n) is 9.42. The molecule has 0 bridgehead atoms. The predicted octanol–water partition coefficient (Wildman–Crippen LogP) is 2.86. The van der Waals surface area contributed by atoms with Crippen LogP contribution < -0.4 is 0 Å². The van der Waals surface area contributed by atoms with Gasteiger partial charge in [-0.2, -0.15) is 11.8 Å². The van der Waals surface area contributed by atoms with Crippen LogP contribution in [0.2, 0.25) is 0 Å². The molecule has 0 aromatic heterocycles. The minimum absolute atomic E-state index is 0.727. The molecule has 0 radical (unpaired) electrons. The van der Waals surface area contributed by atoms with Crippen LogP contribution in [-0.4, -0.2) is 35.0 Å². The molecule has 1 rings (SSSR count). The average Bonchev–Trinajstić information content (AvgIpc) is 2.03. The second-order valence-electron chi connectivity index (χ2n) is 4.69. The van der Waals surface area contributed by atoms with Crippen molar-refractivity contribution in [2.24, 2.45) is 5.92 Å². The Hall–Kier alpha value is 0.310. The lowest BCUT2D eigenvalue weighted by molar-refractivity contribution is 0.154. The molecule has 1 aliphatic rings. The first-order valence-corrected chi connectivity index (χ1v) is 6.60. The molecular weight excluding hydrogens is 178 g/mol. The van der Waals surface area contributed by atoms with E-state index in [4.69, 9.17) is 0 Å². The third kappa shape index (κ3) is 3.51. The summed E-state index contributed by atoms with van der Waals surface area (Å²) in [5.74, 6) is 3.51. The molecule has 1 nitrogen and oxygen atoms in total. The minimum Gasteiger partial charge on any atom is -0.296 e. The average molecular weight is 201 g/mol. The van der Waals surface area contributed by atoms with Crippen molar-refractivity contribution in [1.82, 2.24) is 4.90 Å². The molecule has 1 atom stereocenters. The highest BCUT2D eigenvalue weighted by Crippen LogP contribution is 2.23. The smallest absolute Gasteiger partial charge is 0.0191 e. The monoisotopic (exact) mass is 201 g/mol. The van der Waals surface area contributed by atoms with E-state index in [-0.39, 0.29) is 0 Å². The van der Waals surface area contributed by atoms with E-state index in [0.717, 1.165) is 18.0 Å². The van der Waals surface area contributed by atoms with Crippen LogP contribution >= 0.6 is 11.8 Å². The van der Waals surface area contributed by atoms with E-state index < -0.39 is 0 Å². The fourth-order valence-electron chi connectivity index (χ4n) is 2.10. The molecule has 1 unspecified atom stereocenters. The van der Waals surface area contributed by atoms with E-state index in [0.29, 0.717) is 0 Å². The molecule has 0 amide bonds. The zero-order chi connectivity index (χ0) is 9.84. The zero-order valence-corrected chi connectivity index (χ0v) is 10.2. The Morgan fingerprint density at radius 3 is 2.54 bits per heavy atom. The summed E-state index contributed by atoms with van der Waals surface area (Å²) in [5.41, 5.74) is 0.